The van der Waals surface area contributed by atoms with E-state index >= 15 is 0 Å². The zero-order valence-electron chi connectivity index (χ0n) is 11.8. The van der Waals surface area contributed by atoms with Crippen LogP contribution in [0.15, 0.2) is 48.5 Å². The third-order valence-corrected chi connectivity index (χ3v) is 2.98. The minimum Gasteiger partial charge on any atom is -0.493 e. The highest BCUT2D eigenvalue weighted by atomic mass is 19.1. The molecular formula is C17H15FO3. The molecule has 0 N–H and O–H groups in total. The van der Waals surface area contributed by atoms with Crippen LogP contribution in [0.3, 0.4) is 0 Å². The predicted molar refractivity (Wildman–Crippen MR) is 79.3 cm³/mol. The Balaban J connectivity index is 2.25. The predicted octanol–water partition coefficient (Wildman–Crippen LogP) is 3.74. The SMILES string of the molecule is COc1cccc(C=CC(=O)c2ccc(F)cc2)c1OC. The van der Waals surface area contributed by atoms with Crippen molar-refractivity contribution in [3.05, 3.63) is 65.5 Å². The Kier molecular flexibility index (Phi) is 4.72. The van der Waals surface area contributed by atoms with Crippen LogP contribution in [0.2, 0.25) is 0 Å². The number of rotatable bonds is 5. The highest BCUT2D eigenvalue weighted by molar-refractivity contribution is 6.06. The lowest BCUT2D eigenvalue weighted by Crippen LogP contribution is -1.95. The summed E-state index contributed by atoms with van der Waals surface area (Å²) in [5.74, 6) is 0.571. The van der Waals surface area contributed by atoms with Crippen molar-refractivity contribution in [1.29, 1.82) is 0 Å². The summed E-state index contributed by atoms with van der Waals surface area (Å²) in [6.07, 6.45) is 3.07. The molecule has 0 spiro atoms. The first-order valence-electron chi connectivity index (χ1n) is 6.34. The first kappa shape index (κ1) is 14.8. The third-order valence-electron chi connectivity index (χ3n) is 2.98. The molecule has 0 radical (unpaired) electrons. The van der Waals surface area contributed by atoms with E-state index in [-0.39, 0.29) is 11.6 Å². The van der Waals surface area contributed by atoms with Crippen LogP contribution in [-0.2, 0) is 0 Å². The molecule has 2 rings (SSSR count). The number of ketones is 1. The van der Waals surface area contributed by atoms with Gasteiger partial charge >= 0.3 is 0 Å². The number of allylic oxidation sites excluding steroid dienone is 1. The standard InChI is InChI=1S/C17H15FO3/c1-20-16-5-3-4-13(17(16)21-2)8-11-15(19)12-6-9-14(18)10-7-12/h3-11H,1-2H3. The number of para-hydroxylation sites is 1. The third kappa shape index (κ3) is 3.48. The fraction of sp³-hybridized carbons (Fsp3) is 0.118. The molecule has 0 heterocycles. The van der Waals surface area contributed by atoms with Gasteiger partial charge < -0.3 is 9.47 Å². The summed E-state index contributed by atoms with van der Waals surface area (Å²) in [5.41, 5.74) is 1.15. The number of halogens is 1. The van der Waals surface area contributed by atoms with Gasteiger partial charge in [0.25, 0.3) is 0 Å². The van der Waals surface area contributed by atoms with Gasteiger partial charge in [0.05, 0.1) is 14.2 Å². The molecule has 0 atom stereocenters. The van der Waals surface area contributed by atoms with Crippen LogP contribution >= 0.6 is 0 Å². The van der Waals surface area contributed by atoms with Crippen LogP contribution in [0.25, 0.3) is 6.08 Å². The summed E-state index contributed by atoms with van der Waals surface area (Å²) in [6.45, 7) is 0. The number of ether oxygens (including phenoxy) is 2. The molecule has 0 amide bonds. The summed E-state index contributed by atoms with van der Waals surface area (Å²) in [4.78, 5) is 12.0. The summed E-state index contributed by atoms with van der Waals surface area (Å²) < 4.78 is 23.3. The average molecular weight is 286 g/mol. The maximum atomic E-state index is 12.8. The van der Waals surface area contributed by atoms with Crippen LogP contribution in [-0.4, -0.2) is 20.0 Å². The van der Waals surface area contributed by atoms with E-state index in [1.807, 2.05) is 12.1 Å². The number of methoxy groups -OCH3 is 2. The molecule has 0 bridgehead atoms. The number of carbonyl (C=O) groups excluding carboxylic acids is 1. The van der Waals surface area contributed by atoms with Gasteiger partial charge in [-0.25, -0.2) is 4.39 Å². The lowest BCUT2D eigenvalue weighted by Gasteiger charge is -2.09. The van der Waals surface area contributed by atoms with Crippen molar-refractivity contribution in [2.24, 2.45) is 0 Å². The van der Waals surface area contributed by atoms with Crippen molar-refractivity contribution in [2.45, 2.75) is 0 Å². The Morgan fingerprint density at radius 1 is 1.05 bits per heavy atom. The van der Waals surface area contributed by atoms with Crippen molar-refractivity contribution < 1.29 is 18.7 Å². The normalized spacial score (nSPS) is 10.6. The average Bonchev–Trinajstić information content (AvgIpc) is 2.52. The van der Waals surface area contributed by atoms with Crippen LogP contribution < -0.4 is 9.47 Å². The quantitative estimate of drug-likeness (QED) is 0.620. The first-order valence-corrected chi connectivity index (χ1v) is 6.34. The molecule has 3 nitrogen and oxygen atoms in total. The van der Waals surface area contributed by atoms with Gasteiger partial charge in [0, 0.05) is 11.1 Å². The second kappa shape index (κ2) is 6.70. The number of benzene rings is 2. The maximum Gasteiger partial charge on any atom is 0.185 e. The maximum absolute atomic E-state index is 12.8. The van der Waals surface area contributed by atoms with E-state index < -0.39 is 0 Å². The lowest BCUT2D eigenvalue weighted by molar-refractivity contribution is 0.104. The van der Waals surface area contributed by atoms with Crippen molar-refractivity contribution in [3.63, 3.8) is 0 Å². The largest absolute Gasteiger partial charge is 0.493 e. The van der Waals surface area contributed by atoms with Gasteiger partial charge in [-0.15, -0.1) is 0 Å². The Morgan fingerprint density at radius 3 is 2.38 bits per heavy atom. The molecule has 0 aliphatic heterocycles. The minimum absolute atomic E-state index is 0.208. The first-order chi connectivity index (χ1) is 10.2. The molecule has 0 unspecified atom stereocenters. The van der Waals surface area contributed by atoms with Gasteiger partial charge in [-0.05, 0) is 42.5 Å². The van der Waals surface area contributed by atoms with Gasteiger partial charge in [-0.2, -0.15) is 0 Å². The van der Waals surface area contributed by atoms with Crippen molar-refractivity contribution in [3.8, 4) is 11.5 Å². The fourth-order valence-corrected chi connectivity index (χ4v) is 1.92. The lowest BCUT2D eigenvalue weighted by atomic mass is 10.1. The molecule has 0 aliphatic carbocycles. The molecular weight excluding hydrogens is 271 g/mol. The van der Waals surface area contributed by atoms with E-state index in [2.05, 4.69) is 0 Å². The van der Waals surface area contributed by atoms with Crippen LogP contribution in [0.4, 0.5) is 4.39 Å². The molecule has 0 saturated heterocycles. The molecule has 21 heavy (non-hydrogen) atoms. The van der Waals surface area contributed by atoms with Crippen molar-refractivity contribution >= 4 is 11.9 Å². The zero-order chi connectivity index (χ0) is 15.2. The van der Waals surface area contributed by atoms with Crippen molar-refractivity contribution in [2.75, 3.05) is 14.2 Å². The van der Waals surface area contributed by atoms with E-state index in [9.17, 15) is 9.18 Å². The van der Waals surface area contributed by atoms with Crippen LogP contribution in [0.5, 0.6) is 11.5 Å². The van der Waals surface area contributed by atoms with Crippen molar-refractivity contribution in [1.82, 2.24) is 0 Å². The molecule has 0 saturated carbocycles. The second-order valence-corrected chi connectivity index (χ2v) is 4.29. The van der Waals surface area contributed by atoms with E-state index in [1.54, 1.807) is 19.3 Å². The van der Waals surface area contributed by atoms with Gasteiger partial charge in [-0.1, -0.05) is 12.1 Å². The van der Waals surface area contributed by atoms with E-state index in [1.165, 1.54) is 37.5 Å². The Bertz CT molecular complexity index is 660. The van der Waals surface area contributed by atoms with E-state index in [0.29, 0.717) is 17.1 Å². The summed E-state index contributed by atoms with van der Waals surface area (Å²) >= 11 is 0. The van der Waals surface area contributed by atoms with Crippen LogP contribution in [0, 0.1) is 5.82 Å². The monoisotopic (exact) mass is 286 g/mol. The van der Waals surface area contributed by atoms with Gasteiger partial charge in [0.2, 0.25) is 0 Å². The molecule has 0 aliphatic rings. The number of hydrogen-bond acceptors (Lipinski definition) is 3. The smallest absolute Gasteiger partial charge is 0.185 e. The topological polar surface area (TPSA) is 35.5 Å². The second-order valence-electron chi connectivity index (χ2n) is 4.29. The molecule has 0 aromatic heterocycles. The molecule has 2 aromatic rings. The van der Waals surface area contributed by atoms with Gasteiger partial charge in [0.15, 0.2) is 17.3 Å². The fourth-order valence-electron chi connectivity index (χ4n) is 1.92. The molecule has 4 heteroatoms. The highest BCUT2D eigenvalue weighted by Crippen LogP contribution is 2.31. The molecule has 2 aromatic carbocycles. The highest BCUT2D eigenvalue weighted by Gasteiger charge is 2.08. The van der Waals surface area contributed by atoms with E-state index in [4.69, 9.17) is 9.47 Å². The Labute approximate surface area is 122 Å². The Hall–Kier alpha value is -2.62. The molecule has 0 fully saturated rings. The van der Waals surface area contributed by atoms with Gasteiger partial charge in [0.1, 0.15) is 5.82 Å². The van der Waals surface area contributed by atoms with Gasteiger partial charge in [-0.3, -0.25) is 4.79 Å². The number of carbonyl (C=O) groups is 1. The summed E-state index contributed by atoms with van der Waals surface area (Å²) in [7, 11) is 3.09. The summed E-state index contributed by atoms with van der Waals surface area (Å²) in [6, 6.07) is 10.8. The minimum atomic E-state index is -0.370. The zero-order valence-corrected chi connectivity index (χ0v) is 11.8. The Morgan fingerprint density at radius 2 is 1.76 bits per heavy atom. The number of hydrogen-bond donors (Lipinski definition) is 0. The summed E-state index contributed by atoms with van der Waals surface area (Å²) in [5, 5.41) is 0. The van der Waals surface area contributed by atoms with E-state index in [0.717, 1.165) is 5.56 Å². The molecule has 108 valence electrons. The van der Waals surface area contributed by atoms with Crippen LogP contribution in [0.1, 0.15) is 15.9 Å².